The summed E-state index contributed by atoms with van der Waals surface area (Å²) in [5.74, 6) is 1.34. The van der Waals surface area contributed by atoms with E-state index in [-0.39, 0.29) is 0 Å². The lowest BCUT2D eigenvalue weighted by Crippen LogP contribution is -2.33. The van der Waals surface area contributed by atoms with Crippen molar-refractivity contribution in [3.8, 4) is 5.88 Å². The molecule has 0 bridgehead atoms. The summed E-state index contributed by atoms with van der Waals surface area (Å²) in [6.07, 6.45) is 3.53. The van der Waals surface area contributed by atoms with Gasteiger partial charge in [-0.15, -0.1) is 0 Å². The molecule has 0 radical (unpaired) electrons. The van der Waals surface area contributed by atoms with E-state index < -0.39 is 0 Å². The molecule has 0 saturated carbocycles. The number of fused-ring (bicyclic) bond motifs is 2. The van der Waals surface area contributed by atoms with Gasteiger partial charge < -0.3 is 9.26 Å². The molecule has 30 heavy (non-hydrogen) atoms. The van der Waals surface area contributed by atoms with E-state index in [1.807, 2.05) is 12.1 Å². The number of nitrogens with zero attached hydrogens (tertiary/aromatic N) is 2. The van der Waals surface area contributed by atoms with Crippen LogP contribution < -0.4 is 4.74 Å². The van der Waals surface area contributed by atoms with Crippen molar-refractivity contribution in [1.82, 2.24) is 10.1 Å². The number of ether oxygens (including phenoxy) is 1. The van der Waals surface area contributed by atoms with Gasteiger partial charge in [0.05, 0.1) is 12.0 Å². The molecule has 1 aliphatic rings. The number of hydrogen-bond acceptors (Lipinski definition) is 4. The lowest BCUT2D eigenvalue weighted by Gasteiger charge is -2.32. The number of hydrogen-bond donors (Lipinski definition) is 0. The molecular formula is C26H28N2O2. The van der Waals surface area contributed by atoms with E-state index in [0.717, 1.165) is 37.0 Å². The Balaban J connectivity index is 1.12. The van der Waals surface area contributed by atoms with Crippen LogP contribution in [0.5, 0.6) is 5.88 Å². The van der Waals surface area contributed by atoms with Crippen molar-refractivity contribution in [3.63, 3.8) is 0 Å². The van der Waals surface area contributed by atoms with Gasteiger partial charge in [0.25, 0.3) is 5.88 Å². The molecule has 1 aliphatic heterocycles. The van der Waals surface area contributed by atoms with Crippen molar-refractivity contribution in [2.75, 3.05) is 19.7 Å². The predicted octanol–water partition coefficient (Wildman–Crippen LogP) is 5.97. The zero-order valence-electron chi connectivity index (χ0n) is 17.5. The lowest BCUT2D eigenvalue weighted by atomic mass is 9.93. The first kappa shape index (κ1) is 19.1. The van der Waals surface area contributed by atoms with Gasteiger partial charge in [-0.05, 0) is 84.4 Å². The highest BCUT2D eigenvalue weighted by atomic mass is 16.5. The Bertz CT molecular complexity index is 1140. The molecule has 0 spiro atoms. The molecule has 1 fully saturated rings. The smallest absolute Gasteiger partial charge is 0.262 e. The van der Waals surface area contributed by atoms with Crippen LogP contribution in [-0.2, 0) is 6.54 Å². The van der Waals surface area contributed by atoms with Crippen molar-refractivity contribution in [3.05, 3.63) is 71.8 Å². The van der Waals surface area contributed by atoms with Crippen LogP contribution in [0.2, 0.25) is 0 Å². The quantitative estimate of drug-likeness (QED) is 0.400. The van der Waals surface area contributed by atoms with Crippen LogP contribution in [0.25, 0.3) is 21.7 Å². The first-order chi connectivity index (χ1) is 14.8. The highest BCUT2D eigenvalue weighted by molar-refractivity contribution is 5.85. The number of aromatic nitrogens is 1. The van der Waals surface area contributed by atoms with Crippen molar-refractivity contribution in [2.45, 2.75) is 32.7 Å². The fourth-order valence-electron chi connectivity index (χ4n) is 4.55. The minimum absolute atomic E-state index is 0.624. The molecule has 4 aromatic rings. The predicted molar refractivity (Wildman–Crippen MR) is 121 cm³/mol. The Kier molecular flexibility index (Phi) is 5.41. The Hall–Kier alpha value is -2.85. The summed E-state index contributed by atoms with van der Waals surface area (Å²) in [6, 6.07) is 21.4. The first-order valence-electron chi connectivity index (χ1n) is 10.9. The summed E-state index contributed by atoms with van der Waals surface area (Å²) in [5.41, 5.74) is 3.40. The number of benzene rings is 3. The number of aryl methyl sites for hydroxylation is 1. The van der Waals surface area contributed by atoms with Gasteiger partial charge >= 0.3 is 0 Å². The molecule has 2 heterocycles. The van der Waals surface area contributed by atoms with Gasteiger partial charge in [0.2, 0.25) is 0 Å². The maximum Gasteiger partial charge on any atom is 0.262 e. The summed E-state index contributed by atoms with van der Waals surface area (Å²) >= 11 is 0. The van der Waals surface area contributed by atoms with E-state index in [4.69, 9.17) is 9.26 Å². The van der Waals surface area contributed by atoms with Gasteiger partial charge in [-0.25, -0.2) is 0 Å². The van der Waals surface area contributed by atoms with E-state index >= 15 is 0 Å². The summed E-state index contributed by atoms with van der Waals surface area (Å²) in [5, 5.41) is 7.77. The Labute approximate surface area is 177 Å². The normalized spacial score (nSPS) is 15.8. The lowest BCUT2D eigenvalue weighted by molar-refractivity contribution is 0.156. The average Bonchev–Trinajstić information content (AvgIpc) is 3.17. The van der Waals surface area contributed by atoms with Crippen molar-refractivity contribution >= 4 is 21.7 Å². The second-order valence-electron chi connectivity index (χ2n) is 8.48. The molecule has 1 saturated heterocycles. The average molecular weight is 401 g/mol. The fraction of sp³-hybridized carbons (Fsp3) is 0.346. The molecule has 5 rings (SSSR count). The van der Waals surface area contributed by atoms with Gasteiger partial charge in [0.15, 0.2) is 5.58 Å². The second kappa shape index (κ2) is 8.49. The molecule has 3 aromatic carbocycles. The zero-order chi connectivity index (χ0) is 20.3. The van der Waals surface area contributed by atoms with Crippen molar-refractivity contribution in [2.24, 2.45) is 5.92 Å². The van der Waals surface area contributed by atoms with E-state index in [0.29, 0.717) is 18.4 Å². The molecule has 4 heteroatoms. The standard InChI is InChI=1S/C26H28N2O2/c1-19-9-10-24-25(17-19)30-27-26(24)29-16-13-20-11-14-28(15-12-20)18-22-7-4-6-21-5-2-3-8-23(21)22/h2-10,17,20H,11-16,18H2,1H3. The van der Waals surface area contributed by atoms with Crippen molar-refractivity contribution < 1.29 is 9.26 Å². The summed E-state index contributed by atoms with van der Waals surface area (Å²) in [6.45, 7) is 6.09. The number of likely N-dealkylation sites (tertiary alicyclic amines) is 1. The Morgan fingerprint density at radius 1 is 1.00 bits per heavy atom. The molecule has 0 unspecified atom stereocenters. The topological polar surface area (TPSA) is 38.5 Å². The van der Waals surface area contributed by atoms with E-state index in [2.05, 4.69) is 65.5 Å². The fourth-order valence-corrected chi connectivity index (χ4v) is 4.55. The van der Waals surface area contributed by atoms with E-state index in [1.165, 1.54) is 34.7 Å². The third-order valence-corrected chi connectivity index (χ3v) is 6.34. The van der Waals surface area contributed by atoms with Gasteiger partial charge in [-0.2, -0.15) is 0 Å². The Morgan fingerprint density at radius 2 is 1.83 bits per heavy atom. The van der Waals surface area contributed by atoms with Crippen LogP contribution in [0, 0.1) is 12.8 Å². The maximum absolute atomic E-state index is 5.95. The zero-order valence-corrected chi connectivity index (χ0v) is 17.5. The number of piperidine rings is 1. The molecule has 0 atom stereocenters. The van der Waals surface area contributed by atoms with Crippen LogP contribution in [0.4, 0.5) is 0 Å². The molecule has 0 N–H and O–H groups in total. The highest BCUT2D eigenvalue weighted by Gasteiger charge is 2.20. The summed E-state index contributed by atoms with van der Waals surface area (Å²) in [4.78, 5) is 2.59. The third kappa shape index (κ3) is 4.05. The van der Waals surface area contributed by atoms with Gasteiger partial charge in [0, 0.05) is 6.54 Å². The van der Waals surface area contributed by atoms with Gasteiger partial charge in [0.1, 0.15) is 0 Å². The van der Waals surface area contributed by atoms with Crippen LogP contribution in [0.15, 0.2) is 65.2 Å². The van der Waals surface area contributed by atoms with Crippen molar-refractivity contribution in [1.29, 1.82) is 0 Å². The molecule has 0 amide bonds. The van der Waals surface area contributed by atoms with Gasteiger partial charge in [-0.1, -0.05) is 48.5 Å². The minimum atomic E-state index is 0.624. The highest BCUT2D eigenvalue weighted by Crippen LogP contribution is 2.28. The van der Waals surface area contributed by atoms with Crippen LogP contribution >= 0.6 is 0 Å². The largest absolute Gasteiger partial charge is 0.475 e. The first-order valence-corrected chi connectivity index (χ1v) is 10.9. The monoisotopic (exact) mass is 400 g/mol. The van der Waals surface area contributed by atoms with Gasteiger partial charge in [-0.3, -0.25) is 4.90 Å². The second-order valence-corrected chi connectivity index (χ2v) is 8.48. The van der Waals surface area contributed by atoms with Crippen LogP contribution in [-0.4, -0.2) is 29.8 Å². The molecule has 1 aromatic heterocycles. The van der Waals surface area contributed by atoms with E-state index in [1.54, 1.807) is 0 Å². The molecule has 4 nitrogen and oxygen atoms in total. The van der Waals surface area contributed by atoms with Crippen LogP contribution in [0.3, 0.4) is 0 Å². The van der Waals surface area contributed by atoms with E-state index in [9.17, 15) is 0 Å². The number of rotatable bonds is 6. The minimum Gasteiger partial charge on any atom is -0.475 e. The Morgan fingerprint density at radius 3 is 2.73 bits per heavy atom. The maximum atomic E-state index is 5.95. The SMILES string of the molecule is Cc1ccc2c(OCCC3CCN(Cc4cccc5ccccc45)CC3)noc2c1. The molecule has 0 aliphatic carbocycles. The summed E-state index contributed by atoms with van der Waals surface area (Å²) < 4.78 is 11.3. The molecular weight excluding hydrogens is 372 g/mol. The summed E-state index contributed by atoms with van der Waals surface area (Å²) in [7, 11) is 0. The molecule has 154 valence electrons. The third-order valence-electron chi connectivity index (χ3n) is 6.34. The van der Waals surface area contributed by atoms with Crippen LogP contribution in [0.1, 0.15) is 30.4 Å².